The summed E-state index contributed by atoms with van der Waals surface area (Å²) in [6, 6.07) is 7.33. The molecule has 17 heavy (non-hydrogen) atoms. The smallest absolute Gasteiger partial charge is 0.0351 e. The molecule has 1 aromatic carbocycles. The standard InChI is InChI=1S/C14H21BrN2/c1-16(2)8-9-17(3)14-7-4-11-10-12(15)5-6-13(11)14/h5-6,10,14H,4,7-9H2,1-3H3. The van der Waals surface area contributed by atoms with Gasteiger partial charge < -0.3 is 4.90 Å². The van der Waals surface area contributed by atoms with Crippen LogP contribution in [0.2, 0.25) is 0 Å². The zero-order chi connectivity index (χ0) is 12.4. The normalized spacial score (nSPS) is 19.1. The molecule has 0 amide bonds. The van der Waals surface area contributed by atoms with Gasteiger partial charge in [0.15, 0.2) is 0 Å². The monoisotopic (exact) mass is 296 g/mol. The summed E-state index contributed by atoms with van der Waals surface area (Å²) in [6.07, 6.45) is 2.47. The van der Waals surface area contributed by atoms with Crippen molar-refractivity contribution < 1.29 is 0 Å². The van der Waals surface area contributed by atoms with Crippen molar-refractivity contribution in [3.05, 3.63) is 33.8 Å². The fourth-order valence-electron chi connectivity index (χ4n) is 2.54. The molecule has 1 aliphatic rings. The minimum absolute atomic E-state index is 0.609. The van der Waals surface area contributed by atoms with Crippen LogP contribution in [0.3, 0.4) is 0 Å². The van der Waals surface area contributed by atoms with Crippen molar-refractivity contribution in [3.8, 4) is 0 Å². The second kappa shape index (κ2) is 5.51. The highest BCUT2D eigenvalue weighted by Gasteiger charge is 2.25. The van der Waals surface area contributed by atoms with Crippen LogP contribution in [0, 0.1) is 0 Å². The van der Waals surface area contributed by atoms with Crippen LogP contribution in [0.1, 0.15) is 23.6 Å². The van der Waals surface area contributed by atoms with E-state index in [0.29, 0.717) is 6.04 Å². The summed E-state index contributed by atoms with van der Waals surface area (Å²) in [5, 5.41) is 0. The van der Waals surface area contributed by atoms with Gasteiger partial charge in [-0.15, -0.1) is 0 Å². The Labute approximate surface area is 113 Å². The van der Waals surface area contributed by atoms with Gasteiger partial charge in [-0.3, -0.25) is 4.90 Å². The van der Waals surface area contributed by atoms with Gasteiger partial charge >= 0.3 is 0 Å². The number of halogens is 1. The van der Waals surface area contributed by atoms with Gasteiger partial charge in [-0.2, -0.15) is 0 Å². The van der Waals surface area contributed by atoms with Gasteiger partial charge in [0.1, 0.15) is 0 Å². The molecule has 0 bridgehead atoms. The molecule has 94 valence electrons. The van der Waals surface area contributed by atoms with Crippen molar-refractivity contribution in [3.63, 3.8) is 0 Å². The molecule has 0 saturated heterocycles. The third-order valence-electron chi connectivity index (χ3n) is 3.58. The van der Waals surface area contributed by atoms with E-state index in [1.807, 2.05) is 0 Å². The minimum atomic E-state index is 0.609. The van der Waals surface area contributed by atoms with Crippen molar-refractivity contribution in [2.75, 3.05) is 34.2 Å². The highest BCUT2D eigenvalue weighted by atomic mass is 79.9. The topological polar surface area (TPSA) is 6.48 Å². The third kappa shape index (κ3) is 3.09. The van der Waals surface area contributed by atoms with E-state index in [0.717, 1.165) is 13.1 Å². The van der Waals surface area contributed by atoms with Crippen molar-refractivity contribution in [1.29, 1.82) is 0 Å². The van der Waals surface area contributed by atoms with Crippen LogP contribution in [-0.4, -0.2) is 44.0 Å². The first-order chi connectivity index (χ1) is 8.08. The molecule has 0 N–H and O–H groups in total. The van der Waals surface area contributed by atoms with E-state index in [1.165, 1.54) is 28.4 Å². The highest BCUT2D eigenvalue weighted by molar-refractivity contribution is 9.10. The molecule has 0 aliphatic heterocycles. The third-order valence-corrected chi connectivity index (χ3v) is 4.08. The second-order valence-corrected chi connectivity index (χ2v) is 6.10. The first-order valence-electron chi connectivity index (χ1n) is 6.21. The molecule has 2 nitrogen and oxygen atoms in total. The molecule has 1 unspecified atom stereocenters. The molecule has 1 aromatic rings. The summed E-state index contributed by atoms with van der Waals surface area (Å²) in [7, 11) is 6.51. The van der Waals surface area contributed by atoms with Crippen LogP contribution in [-0.2, 0) is 6.42 Å². The number of rotatable bonds is 4. The van der Waals surface area contributed by atoms with Crippen LogP contribution in [0.5, 0.6) is 0 Å². The van der Waals surface area contributed by atoms with E-state index in [2.05, 4.69) is 65.1 Å². The van der Waals surface area contributed by atoms with E-state index in [9.17, 15) is 0 Å². The molecule has 1 atom stereocenters. The summed E-state index contributed by atoms with van der Waals surface area (Å²) >= 11 is 3.55. The number of aryl methyl sites for hydroxylation is 1. The zero-order valence-electron chi connectivity index (χ0n) is 10.9. The Bertz CT molecular complexity index is 390. The van der Waals surface area contributed by atoms with Crippen molar-refractivity contribution in [1.82, 2.24) is 9.80 Å². The highest BCUT2D eigenvalue weighted by Crippen LogP contribution is 2.36. The number of fused-ring (bicyclic) bond motifs is 1. The number of hydrogen-bond acceptors (Lipinski definition) is 2. The lowest BCUT2D eigenvalue weighted by molar-refractivity contribution is 0.218. The molecule has 0 spiro atoms. The SMILES string of the molecule is CN(C)CCN(C)C1CCc2cc(Br)ccc21. The van der Waals surface area contributed by atoms with E-state index >= 15 is 0 Å². The van der Waals surface area contributed by atoms with E-state index < -0.39 is 0 Å². The molecule has 0 aromatic heterocycles. The fraction of sp³-hybridized carbons (Fsp3) is 0.571. The lowest BCUT2D eigenvalue weighted by Crippen LogP contribution is -2.31. The molecule has 0 radical (unpaired) electrons. The van der Waals surface area contributed by atoms with Crippen LogP contribution in [0.4, 0.5) is 0 Å². The Morgan fingerprint density at radius 3 is 2.71 bits per heavy atom. The van der Waals surface area contributed by atoms with Gasteiger partial charge in [-0.25, -0.2) is 0 Å². The molecule has 1 aliphatic carbocycles. The Kier molecular flexibility index (Phi) is 4.23. The van der Waals surface area contributed by atoms with Gasteiger partial charge in [-0.05, 0) is 57.2 Å². The number of nitrogens with zero attached hydrogens (tertiary/aromatic N) is 2. The van der Waals surface area contributed by atoms with Crippen molar-refractivity contribution in [2.24, 2.45) is 0 Å². The number of likely N-dealkylation sites (N-methyl/N-ethyl adjacent to an activating group) is 2. The van der Waals surface area contributed by atoms with Crippen molar-refractivity contribution in [2.45, 2.75) is 18.9 Å². The first-order valence-corrected chi connectivity index (χ1v) is 7.00. The average molecular weight is 297 g/mol. The van der Waals surface area contributed by atoms with Crippen molar-refractivity contribution >= 4 is 15.9 Å². The van der Waals surface area contributed by atoms with E-state index in [1.54, 1.807) is 0 Å². The van der Waals surface area contributed by atoms with Crippen LogP contribution in [0.15, 0.2) is 22.7 Å². The second-order valence-electron chi connectivity index (χ2n) is 5.18. The predicted molar refractivity (Wildman–Crippen MR) is 76.4 cm³/mol. The maximum Gasteiger partial charge on any atom is 0.0351 e. The maximum atomic E-state index is 3.55. The van der Waals surface area contributed by atoms with Gasteiger partial charge in [0.25, 0.3) is 0 Å². The number of hydrogen-bond donors (Lipinski definition) is 0. The van der Waals surface area contributed by atoms with E-state index in [-0.39, 0.29) is 0 Å². The Morgan fingerprint density at radius 1 is 1.24 bits per heavy atom. The average Bonchev–Trinajstić information content (AvgIpc) is 2.68. The fourth-order valence-corrected chi connectivity index (χ4v) is 2.94. The van der Waals surface area contributed by atoms with Gasteiger partial charge in [-0.1, -0.05) is 22.0 Å². The minimum Gasteiger partial charge on any atom is -0.308 e. The van der Waals surface area contributed by atoms with Gasteiger partial charge in [0.05, 0.1) is 0 Å². The summed E-state index contributed by atoms with van der Waals surface area (Å²) in [6.45, 7) is 2.26. The Balaban J connectivity index is 2.06. The Morgan fingerprint density at radius 2 is 2.00 bits per heavy atom. The maximum absolute atomic E-state index is 3.55. The molecule has 0 heterocycles. The summed E-state index contributed by atoms with van der Waals surface area (Å²) in [4.78, 5) is 4.73. The summed E-state index contributed by atoms with van der Waals surface area (Å²) in [5.41, 5.74) is 3.04. The number of benzene rings is 1. The molecule has 0 saturated carbocycles. The quantitative estimate of drug-likeness (QED) is 0.843. The molecule has 2 rings (SSSR count). The summed E-state index contributed by atoms with van der Waals surface area (Å²) < 4.78 is 1.20. The van der Waals surface area contributed by atoms with Gasteiger partial charge in [0.2, 0.25) is 0 Å². The predicted octanol–water partition coefficient (Wildman–Crippen LogP) is 2.93. The molecular formula is C14H21BrN2. The largest absolute Gasteiger partial charge is 0.308 e. The van der Waals surface area contributed by atoms with Crippen LogP contribution in [0.25, 0.3) is 0 Å². The van der Waals surface area contributed by atoms with E-state index in [4.69, 9.17) is 0 Å². The summed E-state index contributed by atoms with van der Waals surface area (Å²) in [5.74, 6) is 0. The lowest BCUT2D eigenvalue weighted by atomic mass is 10.1. The first kappa shape index (κ1) is 13.1. The zero-order valence-corrected chi connectivity index (χ0v) is 12.5. The van der Waals surface area contributed by atoms with Crippen LogP contribution < -0.4 is 0 Å². The molecule has 3 heteroatoms. The lowest BCUT2D eigenvalue weighted by Gasteiger charge is -2.26. The molecular weight excluding hydrogens is 276 g/mol. The van der Waals surface area contributed by atoms with Gasteiger partial charge in [0, 0.05) is 23.6 Å². The van der Waals surface area contributed by atoms with Crippen LogP contribution >= 0.6 is 15.9 Å². The Hall–Kier alpha value is -0.380. The molecule has 0 fully saturated rings.